The van der Waals surface area contributed by atoms with Crippen molar-refractivity contribution in [3.05, 3.63) is 0 Å². The third kappa shape index (κ3) is 8.12. The minimum absolute atomic E-state index is 0.236. The van der Waals surface area contributed by atoms with Crippen LogP contribution in [0.4, 0.5) is 0 Å². The normalized spacial score (nSPS) is 43.3. The summed E-state index contributed by atoms with van der Waals surface area (Å²) in [6.45, 7) is 24.5. The molecule has 1 N–H and O–H groups in total. The van der Waals surface area contributed by atoms with Gasteiger partial charge in [0.2, 0.25) is 0 Å². The average molecular weight is 753 g/mol. The molecule has 42 heavy (non-hydrogen) atoms. The van der Waals surface area contributed by atoms with E-state index in [2.05, 4.69) is 33.5 Å². The molecule has 0 aliphatic carbocycles. The Morgan fingerprint density at radius 3 is 1.40 bits per heavy atom. The molecule has 5 unspecified atom stereocenters. The van der Waals surface area contributed by atoms with Crippen molar-refractivity contribution in [2.24, 2.45) is 0 Å². The predicted molar refractivity (Wildman–Crippen MR) is 179 cm³/mol. The van der Waals surface area contributed by atoms with Gasteiger partial charge in [-0.2, -0.15) is 0 Å². The summed E-state index contributed by atoms with van der Waals surface area (Å²) in [5, 5.41) is 0. The lowest BCUT2D eigenvalue weighted by Crippen LogP contribution is -2.81. The van der Waals surface area contributed by atoms with Gasteiger partial charge in [-0.1, -0.05) is 48.5 Å². The Kier molecular flexibility index (Phi) is 11.9. The van der Waals surface area contributed by atoms with Crippen molar-refractivity contribution in [2.75, 3.05) is 7.11 Å². The van der Waals surface area contributed by atoms with Crippen molar-refractivity contribution in [3.8, 4) is 0 Å². The maximum absolute atomic E-state index is 12.1. The fourth-order valence-corrected chi connectivity index (χ4v) is 58.8. The lowest BCUT2D eigenvalue weighted by molar-refractivity contribution is 0.0514. The van der Waals surface area contributed by atoms with E-state index in [1.54, 1.807) is 7.11 Å². The Bertz CT molecular complexity index is 947. The molecule has 3 rings (SSSR count). The Labute approximate surface area is 263 Å². The van der Waals surface area contributed by atoms with E-state index >= 15 is 0 Å². The van der Waals surface area contributed by atoms with E-state index in [4.69, 9.17) is 45.6 Å². The van der Waals surface area contributed by atoms with Crippen molar-refractivity contribution >= 4 is 78.0 Å². The molecule has 0 aromatic carbocycles. The van der Waals surface area contributed by atoms with Crippen LogP contribution in [0.15, 0.2) is 0 Å². The molecule has 0 radical (unpaired) electrons. The summed E-state index contributed by atoms with van der Waals surface area (Å²) in [6.07, 6.45) is 0. The molecular weight excluding hydrogens is 697 g/mol. The molecule has 21 heteroatoms. The summed E-state index contributed by atoms with van der Waals surface area (Å²) in [5.41, 5.74) is 0.481. The summed E-state index contributed by atoms with van der Waals surface area (Å²) < 4.78 is 76.5. The molecule has 12 nitrogen and oxygen atoms in total. The van der Waals surface area contributed by atoms with Crippen LogP contribution in [0.1, 0.15) is 48.5 Å². The zero-order valence-electron chi connectivity index (χ0n) is 28.1. The molecule has 0 amide bonds. The van der Waals surface area contributed by atoms with Gasteiger partial charge < -0.3 is 50.4 Å². The Morgan fingerprint density at radius 2 is 1.02 bits per heavy atom. The molecule has 248 valence electrons. The molecule has 7 atom stereocenters. The molecule has 3 heterocycles. The van der Waals surface area contributed by atoms with Gasteiger partial charge in [0.05, 0.1) is 0 Å². The van der Waals surface area contributed by atoms with Gasteiger partial charge in [-0.15, -0.1) is 0 Å². The highest BCUT2D eigenvalue weighted by atomic mass is 28.6. The Morgan fingerprint density at radius 1 is 0.571 bits per heavy atom. The first-order chi connectivity index (χ1) is 19.3. The predicted octanol–water partition coefficient (Wildman–Crippen LogP) is 5.63. The summed E-state index contributed by atoms with van der Waals surface area (Å²) in [5.74, 6) is 0. The van der Waals surface area contributed by atoms with Gasteiger partial charge >= 0.3 is 69.7 Å². The van der Waals surface area contributed by atoms with E-state index in [-0.39, 0.29) is 6.04 Å². The third-order valence-corrected chi connectivity index (χ3v) is 47.7. The summed E-state index contributed by atoms with van der Waals surface area (Å²) in [6, 6.07) is 3.18. The van der Waals surface area contributed by atoms with Gasteiger partial charge in [0, 0.05) is 43.0 Å². The lowest BCUT2D eigenvalue weighted by Gasteiger charge is -2.58. The summed E-state index contributed by atoms with van der Waals surface area (Å²) >= 11 is 0. The van der Waals surface area contributed by atoms with Crippen LogP contribution in [0, 0.1) is 0 Å². The van der Waals surface area contributed by atoms with Gasteiger partial charge in [-0.3, -0.25) is 0 Å². The van der Waals surface area contributed by atoms with Crippen molar-refractivity contribution in [1.82, 2.24) is 0 Å². The largest absolute Gasteiger partial charge is 0.484 e. The van der Waals surface area contributed by atoms with Crippen molar-refractivity contribution in [2.45, 2.75) is 129 Å². The second kappa shape index (κ2) is 13.2. The fraction of sp³-hybridized carbons (Fsp3) is 1.00. The van der Waals surface area contributed by atoms with E-state index in [0.717, 1.165) is 0 Å². The van der Waals surface area contributed by atoms with Gasteiger partial charge in [-0.25, -0.2) is 0 Å². The lowest BCUT2D eigenvalue weighted by atomic mass is 11.0. The van der Waals surface area contributed by atoms with E-state index in [1.807, 2.05) is 47.7 Å². The van der Waals surface area contributed by atoms with Gasteiger partial charge in [0.1, 0.15) is 0 Å². The van der Waals surface area contributed by atoms with Crippen molar-refractivity contribution < 1.29 is 50.4 Å². The first kappa shape index (κ1) is 37.9. The minimum Gasteiger partial charge on any atom is -0.437 e. The smallest absolute Gasteiger partial charge is 0.437 e. The summed E-state index contributed by atoms with van der Waals surface area (Å²) in [7, 11) is -28.0. The highest BCUT2D eigenvalue weighted by Crippen LogP contribution is 2.49. The van der Waals surface area contributed by atoms with Crippen LogP contribution >= 0.6 is 0 Å². The van der Waals surface area contributed by atoms with Crippen LogP contribution in [-0.4, -0.2) is 89.9 Å². The molecule has 3 saturated heterocycles. The molecule has 0 saturated carbocycles. The molecule has 3 fully saturated rings. The van der Waals surface area contributed by atoms with Crippen molar-refractivity contribution in [3.63, 3.8) is 0 Å². The number of fused-ring (bicyclic) bond motifs is 3. The van der Waals surface area contributed by atoms with Crippen LogP contribution in [0.25, 0.3) is 0 Å². The molecule has 4 bridgehead atoms. The fourth-order valence-electron chi connectivity index (χ4n) is 5.76. The second-order valence-electron chi connectivity index (χ2n) is 12.7. The molecular formula is C21H56O12Si9. The first-order valence-electron chi connectivity index (χ1n) is 15.6. The highest BCUT2D eigenvalue weighted by molar-refractivity contribution is 7.03. The molecule has 3 aliphatic rings. The maximum atomic E-state index is 12.1. The van der Waals surface area contributed by atoms with E-state index in [1.165, 1.54) is 0 Å². The van der Waals surface area contributed by atoms with E-state index < -0.39 is 78.0 Å². The Hall–Kier alpha value is 1.47. The molecule has 3 aliphatic heterocycles. The Balaban J connectivity index is 2.37. The monoisotopic (exact) mass is 752 g/mol. The van der Waals surface area contributed by atoms with Crippen LogP contribution < -0.4 is 0 Å². The van der Waals surface area contributed by atoms with E-state index in [9.17, 15) is 4.80 Å². The van der Waals surface area contributed by atoms with Crippen LogP contribution in [-0.2, 0) is 45.6 Å². The number of hydrogen-bond donors (Lipinski definition) is 1. The topological polar surface area (TPSA) is 122 Å². The minimum atomic E-state index is -3.95. The van der Waals surface area contributed by atoms with Crippen molar-refractivity contribution in [1.29, 1.82) is 0 Å². The zero-order valence-corrected chi connectivity index (χ0v) is 37.1. The standard InChI is InChI=1S/C21H56O12Si9/c1-14-36-21-37(15-2)28-41(19-6,32-39(17-4,23-8)26-36)30-38(22,16-3)31-42(20-7,29-37)33-40(18-5,27-36)25-35(12,13)24-34(9,10)11/h22H,14-21H2,1-13H3/t36?,37-,38?,39-,40?,41?,42?/m0/s1. The summed E-state index contributed by atoms with van der Waals surface area (Å²) in [4.78, 5) is 12.1. The maximum Gasteiger partial charge on any atom is 0.484 e. The molecule has 0 aromatic rings. The first-order valence-corrected chi connectivity index (χ1v) is 35.9. The quantitative estimate of drug-likeness (QED) is 0.249. The SMILES string of the molecule is CC[Si]1(O)O[Si]2(CC)O[Si](CC)(O[Si](C)(C)O[Si](C)(C)C)O[Si]3(CC)C[Si@](CC)(O2)O[Si](CC)(O1)O[Si@@](CC)(OC)O3. The third-order valence-electron chi connectivity index (χ3n) is 7.68. The van der Waals surface area contributed by atoms with Crippen LogP contribution in [0.3, 0.4) is 0 Å². The zero-order chi connectivity index (χ0) is 31.9. The van der Waals surface area contributed by atoms with Gasteiger partial charge in [-0.05, 0) is 44.8 Å². The number of hydrogen-bond acceptors (Lipinski definition) is 12. The van der Waals surface area contributed by atoms with E-state index in [0.29, 0.717) is 41.9 Å². The van der Waals surface area contributed by atoms with Gasteiger partial charge in [0.25, 0.3) is 0 Å². The average Bonchev–Trinajstić information content (AvgIpc) is 2.88. The molecule has 0 spiro atoms. The highest BCUT2D eigenvalue weighted by Gasteiger charge is 2.74. The second-order valence-corrected chi connectivity index (χ2v) is 45.1. The number of rotatable bonds is 12. The molecule has 0 aromatic heterocycles. The van der Waals surface area contributed by atoms with Crippen LogP contribution in [0.5, 0.6) is 0 Å². The van der Waals surface area contributed by atoms with Crippen LogP contribution in [0.2, 0.25) is 80.7 Å². The van der Waals surface area contributed by atoms with Gasteiger partial charge in [0.15, 0.2) is 8.32 Å².